The second kappa shape index (κ2) is 8.05. The van der Waals surface area contributed by atoms with Gasteiger partial charge in [-0.05, 0) is 36.6 Å². The molecule has 2 N–H and O–H groups in total. The summed E-state index contributed by atoms with van der Waals surface area (Å²) in [6.45, 7) is 5.18. The average Bonchev–Trinajstić information content (AvgIpc) is 2.85. The zero-order valence-corrected chi connectivity index (χ0v) is 17.8. The Hall–Kier alpha value is -2.57. The predicted octanol–water partition coefficient (Wildman–Crippen LogP) is 4.52. The van der Waals surface area contributed by atoms with Crippen LogP contribution in [0.1, 0.15) is 37.8 Å². The first-order valence-electron chi connectivity index (χ1n) is 9.12. The Morgan fingerprint density at radius 1 is 1.17 bits per heavy atom. The van der Waals surface area contributed by atoms with E-state index in [-0.39, 0.29) is 10.9 Å². The Bertz CT molecular complexity index is 993. The fraction of sp³-hybridized carbons (Fsp3) is 0.286. The van der Waals surface area contributed by atoms with Crippen LogP contribution in [0.25, 0.3) is 0 Å². The smallest absolute Gasteiger partial charge is 0.324 e. The summed E-state index contributed by atoms with van der Waals surface area (Å²) in [6, 6.07) is 11.4. The molecule has 3 rings (SSSR count). The number of anilines is 1. The van der Waals surface area contributed by atoms with Crippen molar-refractivity contribution in [2.24, 2.45) is 0 Å². The molecule has 0 bridgehead atoms. The maximum atomic E-state index is 13.0. The SMILES string of the molecule is CC(C)c1ccccc1NC(=O)CN1C(=O)NC(C)(c2ccc(Cl)cc2Cl)C1=O. The van der Waals surface area contributed by atoms with Crippen LogP contribution in [0.3, 0.4) is 0 Å². The molecule has 0 spiro atoms. The molecule has 6 nitrogen and oxygen atoms in total. The van der Waals surface area contributed by atoms with E-state index < -0.39 is 29.9 Å². The Morgan fingerprint density at radius 3 is 2.52 bits per heavy atom. The maximum absolute atomic E-state index is 13.0. The maximum Gasteiger partial charge on any atom is 0.325 e. The Morgan fingerprint density at radius 2 is 1.86 bits per heavy atom. The Labute approximate surface area is 179 Å². The van der Waals surface area contributed by atoms with E-state index in [0.29, 0.717) is 16.3 Å². The van der Waals surface area contributed by atoms with E-state index in [1.807, 2.05) is 32.0 Å². The molecule has 2 aromatic carbocycles. The van der Waals surface area contributed by atoms with Crippen LogP contribution in [0.2, 0.25) is 10.0 Å². The monoisotopic (exact) mass is 433 g/mol. The van der Waals surface area contributed by atoms with Crippen LogP contribution in [0.15, 0.2) is 42.5 Å². The van der Waals surface area contributed by atoms with Crippen molar-refractivity contribution in [3.05, 3.63) is 63.6 Å². The van der Waals surface area contributed by atoms with Crippen molar-refractivity contribution < 1.29 is 14.4 Å². The minimum atomic E-state index is -1.38. The van der Waals surface area contributed by atoms with Gasteiger partial charge in [0, 0.05) is 21.3 Å². The molecule has 1 atom stereocenters. The average molecular weight is 434 g/mol. The zero-order chi connectivity index (χ0) is 21.3. The van der Waals surface area contributed by atoms with Crippen LogP contribution in [0, 0.1) is 0 Å². The number of para-hydroxylation sites is 1. The van der Waals surface area contributed by atoms with E-state index in [0.717, 1.165) is 10.5 Å². The number of benzene rings is 2. The Kier molecular flexibility index (Phi) is 5.87. The number of amides is 4. The van der Waals surface area contributed by atoms with Crippen LogP contribution in [-0.2, 0) is 15.1 Å². The highest BCUT2D eigenvalue weighted by atomic mass is 35.5. The molecule has 1 aliphatic heterocycles. The van der Waals surface area contributed by atoms with E-state index in [2.05, 4.69) is 10.6 Å². The lowest BCUT2D eigenvalue weighted by Gasteiger charge is -2.23. The van der Waals surface area contributed by atoms with Crippen LogP contribution in [0.5, 0.6) is 0 Å². The summed E-state index contributed by atoms with van der Waals surface area (Å²) in [6.07, 6.45) is 0. The van der Waals surface area contributed by atoms with Gasteiger partial charge in [0.05, 0.1) is 0 Å². The number of carbonyl (C=O) groups is 3. The fourth-order valence-corrected chi connectivity index (χ4v) is 3.96. The first-order chi connectivity index (χ1) is 13.6. The number of rotatable bonds is 5. The lowest BCUT2D eigenvalue weighted by molar-refractivity contribution is -0.133. The van der Waals surface area contributed by atoms with E-state index >= 15 is 0 Å². The van der Waals surface area contributed by atoms with Crippen LogP contribution >= 0.6 is 23.2 Å². The van der Waals surface area contributed by atoms with E-state index in [1.165, 1.54) is 6.07 Å². The summed E-state index contributed by atoms with van der Waals surface area (Å²) in [5.74, 6) is -0.814. The summed E-state index contributed by atoms with van der Waals surface area (Å²) >= 11 is 12.2. The van der Waals surface area contributed by atoms with Gasteiger partial charge in [-0.1, -0.05) is 61.3 Å². The lowest BCUT2D eigenvalue weighted by Crippen LogP contribution is -2.42. The normalized spacial score (nSPS) is 18.9. The molecule has 1 saturated heterocycles. The van der Waals surface area contributed by atoms with Gasteiger partial charge in [0.1, 0.15) is 12.1 Å². The van der Waals surface area contributed by atoms with Crippen LogP contribution in [0.4, 0.5) is 10.5 Å². The minimum Gasteiger partial charge on any atom is -0.324 e. The van der Waals surface area contributed by atoms with Crippen molar-refractivity contribution in [1.29, 1.82) is 0 Å². The molecule has 152 valence electrons. The Balaban J connectivity index is 1.79. The van der Waals surface area contributed by atoms with E-state index in [4.69, 9.17) is 23.2 Å². The van der Waals surface area contributed by atoms with Gasteiger partial charge in [-0.25, -0.2) is 4.79 Å². The van der Waals surface area contributed by atoms with Gasteiger partial charge in [0.15, 0.2) is 0 Å². The van der Waals surface area contributed by atoms with Crippen molar-refractivity contribution in [2.75, 3.05) is 11.9 Å². The standard InChI is InChI=1S/C21H21Cl2N3O3/c1-12(2)14-6-4-5-7-17(14)24-18(27)11-26-19(28)21(3,25-20(26)29)15-9-8-13(22)10-16(15)23/h4-10,12H,11H2,1-3H3,(H,24,27)(H,25,29). The number of urea groups is 1. The van der Waals surface area contributed by atoms with Gasteiger partial charge in [0.25, 0.3) is 5.91 Å². The highest BCUT2D eigenvalue weighted by Gasteiger charge is 2.50. The molecule has 2 aromatic rings. The highest BCUT2D eigenvalue weighted by Crippen LogP contribution is 2.35. The van der Waals surface area contributed by atoms with E-state index in [9.17, 15) is 14.4 Å². The second-order valence-electron chi connectivity index (χ2n) is 7.36. The topological polar surface area (TPSA) is 78.5 Å². The van der Waals surface area contributed by atoms with Gasteiger partial charge in [-0.2, -0.15) is 0 Å². The molecular weight excluding hydrogens is 413 g/mol. The lowest BCUT2D eigenvalue weighted by atomic mass is 9.92. The molecule has 0 radical (unpaired) electrons. The summed E-state index contributed by atoms with van der Waals surface area (Å²) < 4.78 is 0. The zero-order valence-electron chi connectivity index (χ0n) is 16.3. The van der Waals surface area contributed by atoms with Crippen molar-refractivity contribution in [3.8, 4) is 0 Å². The quantitative estimate of drug-likeness (QED) is 0.680. The van der Waals surface area contributed by atoms with Crippen molar-refractivity contribution in [1.82, 2.24) is 10.2 Å². The molecule has 1 fully saturated rings. The number of hydrogen-bond donors (Lipinski definition) is 2. The van der Waals surface area contributed by atoms with Crippen molar-refractivity contribution in [2.45, 2.75) is 32.2 Å². The third kappa shape index (κ3) is 4.09. The molecule has 0 saturated carbocycles. The first-order valence-corrected chi connectivity index (χ1v) is 9.87. The molecular formula is C21H21Cl2N3O3. The van der Waals surface area contributed by atoms with Gasteiger partial charge in [-0.15, -0.1) is 0 Å². The summed E-state index contributed by atoms with van der Waals surface area (Å²) in [7, 11) is 0. The predicted molar refractivity (Wildman–Crippen MR) is 113 cm³/mol. The second-order valence-corrected chi connectivity index (χ2v) is 8.20. The summed E-state index contributed by atoms with van der Waals surface area (Å²) in [5, 5.41) is 6.10. The van der Waals surface area contributed by atoms with Crippen LogP contribution in [-0.4, -0.2) is 29.3 Å². The third-order valence-corrected chi connectivity index (χ3v) is 5.45. The summed E-state index contributed by atoms with van der Waals surface area (Å²) in [5.41, 5.74) is 0.656. The van der Waals surface area contributed by atoms with Crippen molar-refractivity contribution >= 4 is 46.7 Å². The van der Waals surface area contributed by atoms with Gasteiger partial charge >= 0.3 is 6.03 Å². The van der Waals surface area contributed by atoms with Crippen molar-refractivity contribution in [3.63, 3.8) is 0 Å². The minimum absolute atomic E-state index is 0.207. The van der Waals surface area contributed by atoms with E-state index in [1.54, 1.807) is 25.1 Å². The number of carbonyl (C=O) groups excluding carboxylic acids is 3. The first kappa shape index (κ1) is 21.1. The number of nitrogens with one attached hydrogen (secondary N) is 2. The van der Waals surface area contributed by atoms with Gasteiger partial charge < -0.3 is 10.6 Å². The van der Waals surface area contributed by atoms with Crippen LogP contribution < -0.4 is 10.6 Å². The number of imide groups is 1. The number of hydrogen-bond acceptors (Lipinski definition) is 3. The molecule has 1 heterocycles. The molecule has 1 unspecified atom stereocenters. The molecule has 0 aliphatic carbocycles. The molecule has 29 heavy (non-hydrogen) atoms. The molecule has 4 amide bonds. The molecule has 0 aromatic heterocycles. The molecule has 8 heteroatoms. The van der Waals surface area contributed by atoms with Gasteiger partial charge in [-0.3, -0.25) is 14.5 Å². The third-order valence-electron chi connectivity index (χ3n) is 4.90. The number of halogens is 2. The highest BCUT2D eigenvalue weighted by molar-refractivity contribution is 6.35. The largest absolute Gasteiger partial charge is 0.325 e. The van der Waals surface area contributed by atoms with Gasteiger partial charge in [0.2, 0.25) is 5.91 Å². The molecule has 1 aliphatic rings. The summed E-state index contributed by atoms with van der Waals surface area (Å²) in [4.78, 5) is 38.9. The fourth-order valence-electron chi connectivity index (χ4n) is 3.37. The number of nitrogens with zero attached hydrogens (tertiary/aromatic N) is 1.